The number of carbonyl (C=O) groups excluding carboxylic acids is 2. The molecular weight excluding hydrogens is 314 g/mol. The number of carbonyl (C=O) groups is 2. The minimum Gasteiger partial charge on any atom is -0.342 e. The van der Waals surface area contributed by atoms with Crippen LogP contribution in [0.15, 0.2) is 0 Å². The summed E-state index contributed by atoms with van der Waals surface area (Å²) in [5.41, 5.74) is 0. The largest absolute Gasteiger partial charge is 0.342 e. The van der Waals surface area contributed by atoms with Crippen molar-refractivity contribution in [3.05, 3.63) is 0 Å². The van der Waals surface area contributed by atoms with Crippen molar-refractivity contribution in [2.75, 3.05) is 39.3 Å². The van der Waals surface area contributed by atoms with Gasteiger partial charge in [0.25, 0.3) is 0 Å². The van der Waals surface area contributed by atoms with E-state index in [4.69, 9.17) is 0 Å². The van der Waals surface area contributed by atoms with Gasteiger partial charge in [0, 0.05) is 44.7 Å². The highest BCUT2D eigenvalue weighted by Crippen LogP contribution is 2.41. The summed E-state index contributed by atoms with van der Waals surface area (Å²) < 4.78 is 0. The molecule has 0 N–H and O–H groups in total. The van der Waals surface area contributed by atoms with Gasteiger partial charge in [0.15, 0.2) is 0 Å². The quantitative estimate of drug-likeness (QED) is 0.763. The molecule has 5 aliphatic rings. The monoisotopic (exact) mass is 345 g/mol. The highest BCUT2D eigenvalue weighted by molar-refractivity contribution is 5.83. The third kappa shape index (κ3) is 2.88. The van der Waals surface area contributed by atoms with E-state index in [1.807, 2.05) is 4.90 Å². The van der Waals surface area contributed by atoms with E-state index in [1.165, 1.54) is 32.4 Å². The zero-order chi connectivity index (χ0) is 17.0. The lowest BCUT2D eigenvalue weighted by Crippen LogP contribution is -2.47. The van der Waals surface area contributed by atoms with Gasteiger partial charge in [0.1, 0.15) is 0 Å². The zero-order valence-corrected chi connectivity index (χ0v) is 15.2. The molecule has 5 nitrogen and oxygen atoms in total. The van der Waals surface area contributed by atoms with Gasteiger partial charge in [-0.1, -0.05) is 6.42 Å². The molecule has 4 heterocycles. The molecule has 4 saturated heterocycles. The molecule has 25 heavy (non-hydrogen) atoms. The number of piperidine rings is 2. The Morgan fingerprint density at radius 2 is 1.52 bits per heavy atom. The second kappa shape index (κ2) is 6.26. The van der Waals surface area contributed by atoms with Gasteiger partial charge < -0.3 is 9.80 Å². The lowest BCUT2D eigenvalue weighted by atomic mass is 9.90. The lowest BCUT2D eigenvalue weighted by molar-refractivity contribution is -0.141. The molecule has 5 heteroatoms. The molecule has 0 radical (unpaired) electrons. The maximum absolute atomic E-state index is 13.1. The minimum absolute atomic E-state index is 0.0535. The fraction of sp³-hybridized carbons (Fsp3) is 0.900. The van der Waals surface area contributed by atoms with Crippen molar-refractivity contribution in [3.63, 3.8) is 0 Å². The smallest absolute Gasteiger partial charge is 0.227 e. The van der Waals surface area contributed by atoms with Crippen LogP contribution in [0.25, 0.3) is 0 Å². The first-order valence-electron chi connectivity index (χ1n) is 10.5. The number of hydrogen-bond acceptors (Lipinski definition) is 3. The van der Waals surface area contributed by atoms with Crippen LogP contribution >= 0.6 is 0 Å². The van der Waals surface area contributed by atoms with E-state index in [2.05, 4.69) is 9.80 Å². The van der Waals surface area contributed by atoms with E-state index in [0.29, 0.717) is 30.2 Å². The summed E-state index contributed by atoms with van der Waals surface area (Å²) >= 11 is 0. The van der Waals surface area contributed by atoms with E-state index in [1.54, 1.807) is 0 Å². The van der Waals surface area contributed by atoms with Crippen LogP contribution in [0.2, 0.25) is 0 Å². The zero-order valence-electron chi connectivity index (χ0n) is 15.2. The lowest BCUT2D eigenvalue weighted by Gasteiger charge is -2.36. The normalized spacial score (nSPS) is 38.6. The Bertz CT molecular complexity index is 561. The summed E-state index contributed by atoms with van der Waals surface area (Å²) in [6.45, 7) is 5.95. The number of likely N-dealkylation sites (tertiary alicyclic amines) is 2. The van der Waals surface area contributed by atoms with Gasteiger partial charge in [0.2, 0.25) is 11.8 Å². The van der Waals surface area contributed by atoms with Crippen molar-refractivity contribution in [3.8, 4) is 0 Å². The Morgan fingerprint density at radius 1 is 0.680 bits per heavy atom. The van der Waals surface area contributed by atoms with Gasteiger partial charge in [-0.2, -0.15) is 0 Å². The molecule has 5 fully saturated rings. The molecule has 5 rings (SSSR count). The molecule has 0 aromatic carbocycles. The second-order valence-corrected chi connectivity index (χ2v) is 9.12. The average molecular weight is 345 g/mol. The molecule has 1 saturated carbocycles. The number of rotatable bonds is 2. The third-order valence-electron chi connectivity index (χ3n) is 7.44. The highest BCUT2D eigenvalue weighted by Gasteiger charge is 2.49. The van der Waals surface area contributed by atoms with Crippen molar-refractivity contribution in [1.29, 1.82) is 0 Å². The number of nitrogens with zero attached hydrogens (tertiary/aromatic N) is 3. The Kier molecular flexibility index (Phi) is 4.03. The fourth-order valence-corrected chi connectivity index (χ4v) is 5.96. The van der Waals surface area contributed by atoms with Gasteiger partial charge in [0.05, 0.1) is 5.92 Å². The molecular formula is C20H31N3O2. The summed E-state index contributed by atoms with van der Waals surface area (Å²) in [6.07, 6.45) is 8.12. The average Bonchev–Trinajstić information content (AvgIpc) is 3.32. The summed E-state index contributed by atoms with van der Waals surface area (Å²) in [5.74, 6) is 2.38. The van der Waals surface area contributed by atoms with Crippen LogP contribution in [0.1, 0.15) is 44.9 Å². The first-order valence-corrected chi connectivity index (χ1v) is 10.5. The molecule has 0 unspecified atom stereocenters. The van der Waals surface area contributed by atoms with E-state index in [-0.39, 0.29) is 11.8 Å². The van der Waals surface area contributed by atoms with Crippen LogP contribution in [-0.4, -0.2) is 71.8 Å². The standard InChI is InChI=1S/C20H31N3O2/c24-19(14-6-7-14)22-9-3-4-15(10-22)20(25)23-12-16-11-21-8-2-1-5-18(21)17(16)13-23/h14-18H,1-13H2/t15-,16-,17+,18-/m0/s1. The summed E-state index contributed by atoms with van der Waals surface area (Å²) in [6, 6.07) is 0.732. The van der Waals surface area contributed by atoms with Crippen LogP contribution in [0.4, 0.5) is 0 Å². The van der Waals surface area contributed by atoms with E-state index in [9.17, 15) is 9.59 Å². The number of amides is 2. The molecule has 1 aliphatic carbocycles. The van der Waals surface area contributed by atoms with Crippen LogP contribution in [0.5, 0.6) is 0 Å². The predicted molar refractivity (Wildman–Crippen MR) is 94.8 cm³/mol. The molecule has 138 valence electrons. The maximum Gasteiger partial charge on any atom is 0.227 e. The van der Waals surface area contributed by atoms with Crippen LogP contribution in [0, 0.1) is 23.7 Å². The molecule has 0 aromatic rings. The SMILES string of the molecule is O=C(C1CC1)N1CCC[C@H](C(=O)N2C[C@@H]3CN4CCCC[C@H]4[C@@H]3C2)C1. The third-order valence-corrected chi connectivity index (χ3v) is 7.44. The van der Waals surface area contributed by atoms with E-state index >= 15 is 0 Å². The van der Waals surface area contributed by atoms with E-state index < -0.39 is 0 Å². The predicted octanol–water partition coefficient (Wildman–Crippen LogP) is 1.58. The first-order chi connectivity index (χ1) is 12.2. The van der Waals surface area contributed by atoms with Gasteiger partial charge in [-0.15, -0.1) is 0 Å². The van der Waals surface area contributed by atoms with Crippen molar-refractivity contribution >= 4 is 11.8 Å². The Labute approximate surface area is 150 Å². The van der Waals surface area contributed by atoms with Crippen molar-refractivity contribution < 1.29 is 9.59 Å². The topological polar surface area (TPSA) is 43.9 Å². The molecule has 0 bridgehead atoms. The Hall–Kier alpha value is -1.10. The van der Waals surface area contributed by atoms with Crippen LogP contribution < -0.4 is 0 Å². The van der Waals surface area contributed by atoms with Crippen LogP contribution in [-0.2, 0) is 9.59 Å². The molecule has 4 aliphatic heterocycles. The number of hydrogen-bond donors (Lipinski definition) is 0. The van der Waals surface area contributed by atoms with Crippen molar-refractivity contribution in [1.82, 2.24) is 14.7 Å². The summed E-state index contributed by atoms with van der Waals surface area (Å²) in [5, 5.41) is 0. The Balaban J connectivity index is 1.21. The molecule has 2 amide bonds. The van der Waals surface area contributed by atoms with Gasteiger partial charge in [-0.3, -0.25) is 14.5 Å². The van der Waals surface area contributed by atoms with Gasteiger partial charge in [-0.05, 0) is 56.9 Å². The summed E-state index contributed by atoms with van der Waals surface area (Å²) in [4.78, 5) is 32.3. The van der Waals surface area contributed by atoms with Gasteiger partial charge in [-0.25, -0.2) is 0 Å². The minimum atomic E-state index is 0.0535. The maximum atomic E-state index is 13.1. The molecule has 4 atom stereocenters. The van der Waals surface area contributed by atoms with Crippen molar-refractivity contribution in [2.45, 2.75) is 51.0 Å². The molecule has 0 spiro atoms. The first kappa shape index (κ1) is 16.1. The van der Waals surface area contributed by atoms with Crippen LogP contribution in [0.3, 0.4) is 0 Å². The summed E-state index contributed by atoms with van der Waals surface area (Å²) in [7, 11) is 0. The van der Waals surface area contributed by atoms with Gasteiger partial charge >= 0.3 is 0 Å². The number of fused-ring (bicyclic) bond motifs is 3. The van der Waals surface area contributed by atoms with Crippen molar-refractivity contribution in [2.24, 2.45) is 23.7 Å². The highest BCUT2D eigenvalue weighted by atomic mass is 16.2. The molecule has 0 aromatic heterocycles. The fourth-order valence-electron chi connectivity index (χ4n) is 5.96. The second-order valence-electron chi connectivity index (χ2n) is 9.12. The van der Waals surface area contributed by atoms with E-state index in [0.717, 1.165) is 51.4 Å². The Morgan fingerprint density at radius 3 is 2.36 bits per heavy atom.